The topological polar surface area (TPSA) is 27.7 Å². The molecule has 120 valence electrons. The zero-order valence-corrected chi connectivity index (χ0v) is 14.5. The van der Waals surface area contributed by atoms with Crippen molar-refractivity contribution in [1.82, 2.24) is 15.1 Å². The first kappa shape index (κ1) is 18.2. The predicted molar refractivity (Wildman–Crippen MR) is 89.9 cm³/mol. The molecule has 2 atom stereocenters. The predicted octanol–water partition coefficient (Wildman–Crippen LogP) is 1.33. The molecule has 0 spiro atoms. The van der Waals surface area contributed by atoms with Crippen LogP contribution in [0.25, 0.3) is 0 Å². The Balaban J connectivity index is 2.13. The van der Waals surface area contributed by atoms with Crippen LogP contribution >= 0.6 is 12.6 Å². The Bertz CT molecular complexity index is 251. The van der Waals surface area contributed by atoms with E-state index in [0.717, 1.165) is 39.3 Å². The molecule has 0 amide bonds. The van der Waals surface area contributed by atoms with Crippen LogP contribution in [0.15, 0.2) is 0 Å². The zero-order valence-electron chi connectivity index (χ0n) is 13.6. The van der Waals surface area contributed by atoms with E-state index >= 15 is 0 Å². The van der Waals surface area contributed by atoms with Gasteiger partial charge in [0.25, 0.3) is 0 Å². The van der Waals surface area contributed by atoms with Crippen molar-refractivity contribution in [2.75, 3.05) is 52.9 Å². The maximum Gasteiger partial charge on any atom is 0.0826 e. The van der Waals surface area contributed by atoms with E-state index in [1.54, 1.807) is 0 Å². The molecular weight excluding hydrogens is 270 g/mol. The molecule has 1 unspecified atom stereocenters. The van der Waals surface area contributed by atoms with Crippen molar-refractivity contribution < 1.29 is 4.74 Å². The van der Waals surface area contributed by atoms with Gasteiger partial charge in [-0.25, -0.2) is 0 Å². The number of morpholine rings is 1. The molecule has 5 heteroatoms. The highest BCUT2D eigenvalue weighted by atomic mass is 32.1. The third kappa shape index (κ3) is 8.47. The first-order valence-electron chi connectivity index (χ1n) is 7.91. The molecule has 0 aromatic carbocycles. The Hall–Kier alpha value is 0.190. The summed E-state index contributed by atoms with van der Waals surface area (Å²) in [6.07, 6.45) is 1.57. The van der Waals surface area contributed by atoms with E-state index in [1.165, 1.54) is 13.0 Å². The largest absolute Gasteiger partial charge is 0.374 e. The first-order chi connectivity index (χ1) is 9.47. The van der Waals surface area contributed by atoms with Crippen LogP contribution in [0.3, 0.4) is 0 Å². The molecule has 1 fully saturated rings. The fraction of sp³-hybridized carbons (Fsp3) is 1.00. The third-order valence-electron chi connectivity index (χ3n) is 3.57. The molecule has 1 aliphatic heterocycles. The van der Waals surface area contributed by atoms with Gasteiger partial charge in [0, 0.05) is 37.5 Å². The second kappa shape index (κ2) is 10.0. The van der Waals surface area contributed by atoms with E-state index in [4.69, 9.17) is 4.74 Å². The lowest BCUT2D eigenvalue weighted by Crippen LogP contribution is -2.48. The van der Waals surface area contributed by atoms with E-state index in [9.17, 15) is 0 Å². The van der Waals surface area contributed by atoms with Gasteiger partial charge in [0.15, 0.2) is 0 Å². The van der Waals surface area contributed by atoms with Gasteiger partial charge < -0.3 is 15.0 Å². The summed E-state index contributed by atoms with van der Waals surface area (Å²) in [5.74, 6) is 0. The molecule has 1 heterocycles. The van der Waals surface area contributed by atoms with Gasteiger partial charge in [-0.3, -0.25) is 4.90 Å². The lowest BCUT2D eigenvalue weighted by atomic mass is 10.2. The van der Waals surface area contributed by atoms with E-state index in [-0.39, 0.29) is 0 Å². The molecule has 4 nitrogen and oxygen atoms in total. The van der Waals surface area contributed by atoms with Gasteiger partial charge in [0.2, 0.25) is 0 Å². The standard InChI is InChI=1S/C15H33N3OS/c1-13(2)16-10-15-12-18(8-9-19-15)7-5-6-17(4)11-14(3)20/h13-16,20H,5-12H2,1-4H3/t14?,15-/m0/s1. The van der Waals surface area contributed by atoms with Crippen molar-refractivity contribution in [3.8, 4) is 0 Å². The van der Waals surface area contributed by atoms with Crippen LogP contribution in [-0.4, -0.2) is 80.1 Å². The van der Waals surface area contributed by atoms with Gasteiger partial charge in [0.1, 0.15) is 0 Å². The number of hydrogen-bond acceptors (Lipinski definition) is 5. The monoisotopic (exact) mass is 303 g/mol. The normalized spacial score (nSPS) is 22.6. The van der Waals surface area contributed by atoms with Gasteiger partial charge in [-0.05, 0) is 26.6 Å². The van der Waals surface area contributed by atoms with Crippen LogP contribution in [0.2, 0.25) is 0 Å². The smallest absolute Gasteiger partial charge is 0.0826 e. The molecule has 1 N–H and O–H groups in total. The lowest BCUT2D eigenvalue weighted by molar-refractivity contribution is -0.0284. The minimum atomic E-state index is 0.348. The summed E-state index contributed by atoms with van der Waals surface area (Å²) < 4.78 is 5.81. The first-order valence-corrected chi connectivity index (χ1v) is 8.43. The minimum absolute atomic E-state index is 0.348. The highest BCUT2D eigenvalue weighted by molar-refractivity contribution is 7.80. The second-order valence-electron chi connectivity index (χ2n) is 6.32. The number of hydrogen-bond donors (Lipinski definition) is 2. The summed E-state index contributed by atoms with van der Waals surface area (Å²) in [7, 11) is 2.18. The summed E-state index contributed by atoms with van der Waals surface area (Å²) in [4.78, 5) is 4.91. The number of ether oxygens (including phenoxy) is 1. The van der Waals surface area contributed by atoms with Gasteiger partial charge in [-0.15, -0.1) is 0 Å². The molecule has 1 aliphatic rings. The molecular formula is C15H33N3OS. The van der Waals surface area contributed by atoms with Crippen molar-refractivity contribution in [2.45, 2.75) is 44.6 Å². The number of nitrogens with zero attached hydrogens (tertiary/aromatic N) is 2. The van der Waals surface area contributed by atoms with Crippen LogP contribution < -0.4 is 5.32 Å². The van der Waals surface area contributed by atoms with Crippen LogP contribution in [-0.2, 0) is 4.74 Å². The Morgan fingerprint density at radius 3 is 2.80 bits per heavy atom. The molecule has 0 radical (unpaired) electrons. The van der Waals surface area contributed by atoms with Gasteiger partial charge in [-0.2, -0.15) is 12.6 Å². The highest BCUT2D eigenvalue weighted by Crippen LogP contribution is 2.06. The summed E-state index contributed by atoms with van der Waals surface area (Å²) in [6, 6.07) is 0.533. The Morgan fingerprint density at radius 1 is 1.40 bits per heavy atom. The molecule has 0 saturated carbocycles. The Kier molecular flexibility index (Phi) is 9.13. The third-order valence-corrected chi connectivity index (χ3v) is 3.73. The zero-order chi connectivity index (χ0) is 15.0. The van der Waals surface area contributed by atoms with Gasteiger partial charge in [-0.1, -0.05) is 20.8 Å². The second-order valence-corrected chi connectivity index (χ2v) is 7.20. The maximum absolute atomic E-state index is 5.81. The summed E-state index contributed by atoms with van der Waals surface area (Å²) in [5, 5.41) is 3.92. The minimum Gasteiger partial charge on any atom is -0.374 e. The average Bonchev–Trinajstić information content (AvgIpc) is 2.36. The SMILES string of the molecule is CC(S)CN(C)CCCN1CCO[C@@H](CNC(C)C)C1. The van der Waals surface area contributed by atoms with Crippen LogP contribution in [0.5, 0.6) is 0 Å². The van der Waals surface area contributed by atoms with Crippen molar-refractivity contribution >= 4 is 12.6 Å². The summed E-state index contributed by atoms with van der Waals surface area (Å²) in [6.45, 7) is 13.9. The van der Waals surface area contributed by atoms with E-state index in [0.29, 0.717) is 17.4 Å². The highest BCUT2D eigenvalue weighted by Gasteiger charge is 2.20. The Labute approximate surface area is 130 Å². The summed E-state index contributed by atoms with van der Waals surface area (Å²) in [5.41, 5.74) is 0. The fourth-order valence-electron chi connectivity index (χ4n) is 2.58. The summed E-state index contributed by atoms with van der Waals surface area (Å²) >= 11 is 4.44. The fourth-order valence-corrected chi connectivity index (χ4v) is 2.86. The number of thiol groups is 1. The van der Waals surface area contributed by atoms with Crippen LogP contribution in [0.4, 0.5) is 0 Å². The molecule has 20 heavy (non-hydrogen) atoms. The molecule has 0 bridgehead atoms. The number of rotatable bonds is 9. The molecule has 0 aliphatic carbocycles. The average molecular weight is 304 g/mol. The van der Waals surface area contributed by atoms with Crippen molar-refractivity contribution in [3.05, 3.63) is 0 Å². The molecule has 1 rings (SSSR count). The maximum atomic E-state index is 5.81. The van der Waals surface area contributed by atoms with E-state index in [1.807, 2.05) is 0 Å². The molecule has 1 saturated heterocycles. The van der Waals surface area contributed by atoms with Crippen molar-refractivity contribution in [1.29, 1.82) is 0 Å². The van der Waals surface area contributed by atoms with Crippen molar-refractivity contribution in [3.63, 3.8) is 0 Å². The van der Waals surface area contributed by atoms with E-state index < -0.39 is 0 Å². The van der Waals surface area contributed by atoms with Crippen LogP contribution in [0.1, 0.15) is 27.2 Å². The number of nitrogens with one attached hydrogen (secondary N) is 1. The molecule has 0 aromatic rings. The van der Waals surface area contributed by atoms with Gasteiger partial charge >= 0.3 is 0 Å². The Morgan fingerprint density at radius 2 is 2.15 bits per heavy atom. The van der Waals surface area contributed by atoms with Gasteiger partial charge in [0.05, 0.1) is 12.7 Å². The molecule has 0 aromatic heterocycles. The van der Waals surface area contributed by atoms with Crippen molar-refractivity contribution in [2.24, 2.45) is 0 Å². The van der Waals surface area contributed by atoms with E-state index in [2.05, 4.69) is 55.6 Å². The van der Waals surface area contributed by atoms with Crippen LogP contribution in [0, 0.1) is 0 Å². The quantitative estimate of drug-likeness (QED) is 0.629. The lowest BCUT2D eigenvalue weighted by Gasteiger charge is -2.33.